The first-order valence-corrected chi connectivity index (χ1v) is 7.22. The number of likely N-dealkylation sites (N-methyl/N-ethyl adjacent to an activating group) is 1. The molecule has 0 aliphatic heterocycles. The van der Waals surface area contributed by atoms with Crippen molar-refractivity contribution in [2.45, 2.75) is 17.4 Å². The molecule has 0 aromatic heterocycles. The minimum absolute atomic E-state index is 0.203. The van der Waals surface area contributed by atoms with Gasteiger partial charge in [-0.15, -0.1) is 11.8 Å². The largest absolute Gasteiger partial charge is 0.395 e. The van der Waals surface area contributed by atoms with Crippen LogP contribution < -0.4 is 5.32 Å². The number of hydrogen-bond donors (Lipinski definition) is 2. The summed E-state index contributed by atoms with van der Waals surface area (Å²) in [6.07, 6.45) is 0.977. The van der Waals surface area contributed by atoms with E-state index in [-0.39, 0.29) is 12.6 Å². The molecule has 96 valence electrons. The number of nitrogens with one attached hydrogen (secondary N) is 1. The number of aliphatic hydroxyl groups is 1. The molecule has 3 heteroatoms. The van der Waals surface area contributed by atoms with Crippen LogP contribution in [-0.2, 0) is 0 Å². The zero-order valence-electron chi connectivity index (χ0n) is 10.6. The number of thioether (sulfide) groups is 1. The molecule has 2 nitrogen and oxygen atoms in total. The molecule has 2 aromatic rings. The second-order valence-corrected chi connectivity index (χ2v) is 5.48. The summed E-state index contributed by atoms with van der Waals surface area (Å²) in [7, 11) is 1.89. The molecule has 2 N–H and O–H groups in total. The fraction of sp³-hybridized carbons (Fsp3) is 0.333. The highest BCUT2D eigenvalue weighted by molar-refractivity contribution is 7.99. The molecule has 1 atom stereocenters. The van der Waals surface area contributed by atoms with Gasteiger partial charge in [-0.3, -0.25) is 0 Å². The molecule has 2 aromatic carbocycles. The van der Waals surface area contributed by atoms with E-state index < -0.39 is 0 Å². The molecule has 0 radical (unpaired) electrons. The first-order chi connectivity index (χ1) is 8.83. The lowest BCUT2D eigenvalue weighted by Crippen LogP contribution is -2.29. The highest BCUT2D eigenvalue weighted by Crippen LogP contribution is 2.24. The summed E-state index contributed by atoms with van der Waals surface area (Å²) in [6, 6.07) is 15.2. The Morgan fingerprint density at radius 2 is 1.94 bits per heavy atom. The molecule has 0 saturated carbocycles. The van der Waals surface area contributed by atoms with Gasteiger partial charge in [0.15, 0.2) is 0 Å². The first-order valence-electron chi connectivity index (χ1n) is 6.23. The van der Waals surface area contributed by atoms with Crippen LogP contribution in [0.5, 0.6) is 0 Å². The number of rotatable bonds is 6. The van der Waals surface area contributed by atoms with Crippen molar-refractivity contribution in [3.8, 4) is 0 Å². The topological polar surface area (TPSA) is 32.3 Å². The van der Waals surface area contributed by atoms with Crippen molar-refractivity contribution in [2.75, 3.05) is 19.4 Å². The van der Waals surface area contributed by atoms with Crippen LogP contribution in [0.25, 0.3) is 10.8 Å². The molecule has 0 aliphatic carbocycles. The lowest BCUT2D eigenvalue weighted by molar-refractivity contribution is 0.246. The van der Waals surface area contributed by atoms with Crippen molar-refractivity contribution in [1.82, 2.24) is 5.32 Å². The van der Waals surface area contributed by atoms with Gasteiger partial charge in [0.2, 0.25) is 0 Å². The third-order valence-corrected chi connectivity index (χ3v) is 4.11. The molecule has 0 bridgehead atoms. The quantitative estimate of drug-likeness (QED) is 0.784. The van der Waals surface area contributed by atoms with Gasteiger partial charge in [-0.2, -0.15) is 0 Å². The highest BCUT2D eigenvalue weighted by atomic mass is 32.2. The van der Waals surface area contributed by atoms with Crippen molar-refractivity contribution in [3.63, 3.8) is 0 Å². The Morgan fingerprint density at radius 1 is 1.17 bits per heavy atom. The van der Waals surface area contributed by atoms with E-state index in [0.717, 1.165) is 12.2 Å². The number of hydrogen-bond acceptors (Lipinski definition) is 3. The maximum atomic E-state index is 9.09. The predicted octanol–water partition coefficient (Wildman–Crippen LogP) is 2.90. The first kappa shape index (κ1) is 13.4. The number of fused-ring (bicyclic) bond motifs is 1. The Morgan fingerprint density at radius 3 is 2.67 bits per heavy atom. The van der Waals surface area contributed by atoms with Gasteiger partial charge in [-0.05, 0) is 42.1 Å². The summed E-state index contributed by atoms with van der Waals surface area (Å²) in [5, 5.41) is 14.8. The van der Waals surface area contributed by atoms with Crippen LogP contribution in [0.3, 0.4) is 0 Å². The Hall–Kier alpha value is -1.03. The van der Waals surface area contributed by atoms with Gasteiger partial charge >= 0.3 is 0 Å². The maximum Gasteiger partial charge on any atom is 0.0584 e. The zero-order chi connectivity index (χ0) is 12.8. The predicted molar refractivity (Wildman–Crippen MR) is 79.2 cm³/mol. The second kappa shape index (κ2) is 6.78. The Balaban J connectivity index is 1.95. The van der Waals surface area contributed by atoms with Crippen LogP contribution in [0, 0.1) is 0 Å². The maximum absolute atomic E-state index is 9.09. The fourth-order valence-electron chi connectivity index (χ4n) is 1.90. The van der Waals surface area contributed by atoms with Gasteiger partial charge in [-0.25, -0.2) is 0 Å². The van der Waals surface area contributed by atoms with Gasteiger partial charge in [0, 0.05) is 10.9 Å². The minimum Gasteiger partial charge on any atom is -0.395 e. The second-order valence-electron chi connectivity index (χ2n) is 4.31. The molecule has 0 heterocycles. The third kappa shape index (κ3) is 3.48. The fourth-order valence-corrected chi connectivity index (χ4v) is 2.92. The van der Waals surface area contributed by atoms with E-state index in [1.54, 1.807) is 0 Å². The summed E-state index contributed by atoms with van der Waals surface area (Å²) in [6.45, 7) is 0.203. The molecule has 0 fully saturated rings. The van der Waals surface area contributed by atoms with Gasteiger partial charge in [0.1, 0.15) is 0 Å². The average molecular weight is 261 g/mol. The third-order valence-electron chi connectivity index (χ3n) is 3.08. The van der Waals surface area contributed by atoms with Crippen LogP contribution in [-0.4, -0.2) is 30.6 Å². The minimum atomic E-state index is 0.203. The van der Waals surface area contributed by atoms with E-state index in [9.17, 15) is 0 Å². The lowest BCUT2D eigenvalue weighted by atomic mass is 10.1. The van der Waals surface area contributed by atoms with E-state index in [2.05, 4.69) is 47.8 Å². The van der Waals surface area contributed by atoms with E-state index in [1.807, 2.05) is 18.8 Å². The molecule has 0 saturated heterocycles. The molecule has 0 amide bonds. The number of aliphatic hydroxyl groups excluding tert-OH is 1. The van der Waals surface area contributed by atoms with Gasteiger partial charge < -0.3 is 10.4 Å². The van der Waals surface area contributed by atoms with Crippen LogP contribution in [0.2, 0.25) is 0 Å². The van der Waals surface area contributed by atoms with Crippen LogP contribution in [0.15, 0.2) is 47.4 Å². The van der Waals surface area contributed by atoms with E-state index in [4.69, 9.17) is 5.11 Å². The number of benzene rings is 2. The standard InChI is InChI=1S/C15H19NOS/c1-16-14(11-17)8-9-18-15-7-6-12-4-2-3-5-13(12)10-15/h2-7,10,14,16-17H,8-9,11H2,1H3. The smallest absolute Gasteiger partial charge is 0.0584 e. The van der Waals surface area contributed by atoms with Gasteiger partial charge in [0.05, 0.1) is 6.61 Å². The zero-order valence-corrected chi connectivity index (χ0v) is 11.4. The summed E-state index contributed by atoms with van der Waals surface area (Å²) in [4.78, 5) is 1.29. The average Bonchev–Trinajstić information content (AvgIpc) is 2.43. The Kier molecular flexibility index (Phi) is 5.05. The molecular weight excluding hydrogens is 242 g/mol. The Bertz CT molecular complexity index is 497. The van der Waals surface area contributed by atoms with Crippen molar-refractivity contribution in [2.24, 2.45) is 0 Å². The van der Waals surface area contributed by atoms with E-state index in [0.29, 0.717) is 0 Å². The molecule has 0 aliphatic rings. The molecule has 1 unspecified atom stereocenters. The van der Waals surface area contributed by atoms with Gasteiger partial charge in [0.25, 0.3) is 0 Å². The van der Waals surface area contributed by atoms with E-state index >= 15 is 0 Å². The normalized spacial score (nSPS) is 12.8. The lowest BCUT2D eigenvalue weighted by Gasteiger charge is -2.12. The highest BCUT2D eigenvalue weighted by Gasteiger charge is 2.04. The monoisotopic (exact) mass is 261 g/mol. The van der Waals surface area contributed by atoms with Crippen LogP contribution >= 0.6 is 11.8 Å². The SMILES string of the molecule is CNC(CO)CCSc1ccc2ccccc2c1. The van der Waals surface area contributed by atoms with Gasteiger partial charge in [-0.1, -0.05) is 30.3 Å². The summed E-state index contributed by atoms with van der Waals surface area (Å²) in [5.41, 5.74) is 0. The van der Waals surface area contributed by atoms with E-state index in [1.165, 1.54) is 15.7 Å². The molecular formula is C15H19NOS. The Labute approximate surface area is 112 Å². The summed E-state index contributed by atoms with van der Waals surface area (Å²) >= 11 is 1.84. The van der Waals surface area contributed by atoms with Crippen molar-refractivity contribution in [1.29, 1.82) is 0 Å². The molecule has 0 spiro atoms. The van der Waals surface area contributed by atoms with Crippen molar-refractivity contribution >= 4 is 22.5 Å². The van der Waals surface area contributed by atoms with Crippen LogP contribution in [0.1, 0.15) is 6.42 Å². The summed E-state index contributed by atoms with van der Waals surface area (Å²) < 4.78 is 0. The van der Waals surface area contributed by atoms with Crippen molar-refractivity contribution in [3.05, 3.63) is 42.5 Å². The molecule has 18 heavy (non-hydrogen) atoms. The van der Waals surface area contributed by atoms with Crippen molar-refractivity contribution < 1.29 is 5.11 Å². The summed E-state index contributed by atoms with van der Waals surface area (Å²) in [5.74, 6) is 1.02. The van der Waals surface area contributed by atoms with Crippen LogP contribution in [0.4, 0.5) is 0 Å². The molecule has 2 rings (SSSR count).